The molecular formula is C22H27FN2. The topological polar surface area (TPSA) is 15.3 Å². The summed E-state index contributed by atoms with van der Waals surface area (Å²) < 4.78 is 13.4. The van der Waals surface area contributed by atoms with Crippen molar-refractivity contribution in [1.29, 1.82) is 0 Å². The Morgan fingerprint density at radius 3 is 2.56 bits per heavy atom. The maximum atomic E-state index is 13.4. The molecular weight excluding hydrogens is 311 g/mol. The average molecular weight is 338 g/mol. The molecule has 2 atom stereocenters. The molecule has 132 valence electrons. The van der Waals surface area contributed by atoms with Crippen LogP contribution in [0.3, 0.4) is 0 Å². The summed E-state index contributed by atoms with van der Waals surface area (Å²) in [6.45, 7) is 9.90. The van der Waals surface area contributed by atoms with Crippen molar-refractivity contribution in [3.63, 3.8) is 0 Å². The molecule has 1 aliphatic heterocycles. The molecule has 2 aliphatic rings. The van der Waals surface area contributed by atoms with Gasteiger partial charge in [0.15, 0.2) is 0 Å². The molecule has 2 aromatic carbocycles. The van der Waals surface area contributed by atoms with E-state index in [1.807, 2.05) is 12.1 Å². The summed E-state index contributed by atoms with van der Waals surface area (Å²) in [7, 11) is 0. The van der Waals surface area contributed by atoms with Crippen LogP contribution in [0.25, 0.3) is 0 Å². The molecule has 1 N–H and O–H groups in total. The number of aryl methyl sites for hydroxylation is 1. The average Bonchev–Trinajstić information content (AvgIpc) is 2.93. The normalized spacial score (nSPS) is 25.8. The molecule has 0 bridgehead atoms. The zero-order valence-corrected chi connectivity index (χ0v) is 15.3. The summed E-state index contributed by atoms with van der Waals surface area (Å²) in [6, 6.07) is 14.4. The predicted octanol–water partition coefficient (Wildman–Crippen LogP) is 4.39. The first kappa shape index (κ1) is 16.7. The Hall–Kier alpha value is -1.71. The maximum absolute atomic E-state index is 13.4. The molecule has 1 fully saturated rings. The van der Waals surface area contributed by atoms with E-state index in [0.29, 0.717) is 12.0 Å². The molecule has 2 aromatic rings. The zero-order valence-electron chi connectivity index (χ0n) is 15.3. The number of halogens is 1. The summed E-state index contributed by atoms with van der Waals surface area (Å²) in [5, 5.41) is 3.61. The van der Waals surface area contributed by atoms with Gasteiger partial charge in [0.25, 0.3) is 0 Å². The zero-order chi connectivity index (χ0) is 17.6. The van der Waals surface area contributed by atoms with Gasteiger partial charge in [-0.25, -0.2) is 4.39 Å². The monoisotopic (exact) mass is 338 g/mol. The van der Waals surface area contributed by atoms with Crippen LogP contribution in [-0.2, 0) is 0 Å². The van der Waals surface area contributed by atoms with Crippen molar-refractivity contribution < 1.29 is 4.39 Å². The minimum atomic E-state index is -0.161. The van der Waals surface area contributed by atoms with Gasteiger partial charge in [-0.05, 0) is 56.0 Å². The van der Waals surface area contributed by atoms with Crippen molar-refractivity contribution in [3.8, 4) is 0 Å². The highest BCUT2D eigenvalue weighted by Crippen LogP contribution is 2.47. The lowest BCUT2D eigenvalue weighted by atomic mass is 9.92. The fourth-order valence-electron chi connectivity index (χ4n) is 4.58. The molecule has 0 radical (unpaired) electrons. The Kier molecular flexibility index (Phi) is 4.17. The SMILES string of the molecule is Cc1ccc2c(c1)[C@H](N1CCNC(C)(C)C1)C[C@H]2c1ccc(F)cc1. The minimum absolute atomic E-state index is 0.149. The quantitative estimate of drug-likeness (QED) is 0.873. The number of benzene rings is 2. The van der Waals surface area contributed by atoms with Crippen molar-refractivity contribution in [1.82, 2.24) is 10.2 Å². The lowest BCUT2D eigenvalue weighted by molar-refractivity contribution is 0.107. The van der Waals surface area contributed by atoms with E-state index in [1.54, 1.807) is 12.1 Å². The van der Waals surface area contributed by atoms with E-state index in [0.717, 1.165) is 26.1 Å². The van der Waals surface area contributed by atoms with E-state index in [9.17, 15) is 4.39 Å². The lowest BCUT2D eigenvalue weighted by Crippen LogP contribution is -2.57. The van der Waals surface area contributed by atoms with Crippen LogP contribution in [0.2, 0.25) is 0 Å². The van der Waals surface area contributed by atoms with Crippen molar-refractivity contribution >= 4 is 0 Å². The second-order valence-electron chi connectivity index (χ2n) is 8.27. The molecule has 4 rings (SSSR count). The van der Waals surface area contributed by atoms with E-state index in [2.05, 4.69) is 49.2 Å². The van der Waals surface area contributed by atoms with E-state index >= 15 is 0 Å². The first-order valence-electron chi connectivity index (χ1n) is 9.28. The third kappa shape index (κ3) is 3.23. The molecule has 3 heteroatoms. The van der Waals surface area contributed by atoms with Gasteiger partial charge in [-0.3, -0.25) is 4.90 Å². The first-order valence-corrected chi connectivity index (χ1v) is 9.28. The highest BCUT2D eigenvalue weighted by atomic mass is 19.1. The number of nitrogens with one attached hydrogen (secondary N) is 1. The van der Waals surface area contributed by atoms with Crippen LogP contribution in [0.5, 0.6) is 0 Å². The van der Waals surface area contributed by atoms with E-state index in [1.165, 1.54) is 22.3 Å². The number of nitrogens with zero attached hydrogens (tertiary/aromatic N) is 1. The van der Waals surface area contributed by atoms with Gasteiger partial charge in [0, 0.05) is 37.1 Å². The Morgan fingerprint density at radius 2 is 1.84 bits per heavy atom. The molecule has 0 unspecified atom stereocenters. The Labute approximate surface area is 150 Å². The van der Waals surface area contributed by atoms with Gasteiger partial charge in [0.05, 0.1) is 0 Å². The second-order valence-corrected chi connectivity index (χ2v) is 8.27. The Bertz CT molecular complexity index is 766. The standard InChI is InChI=1S/C22H27FN2/c1-15-4-9-18-19(16-5-7-17(23)8-6-16)13-21(20(18)12-15)25-11-10-24-22(2,3)14-25/h4-9,12,19,21,24H,10-11,13-14H2,1-3H3/t19-,21+/m0/s1. The van der Waals surface area contributed by atoms with Gasteiger partial charge in [-0.2, -0.15) is 0 Å². The molecule has 0 spiro atoms. The van der Waals surface area contributed by atoms with E-state index < -0.39 is 0 Å². The van der Waals surface area contributed by atoms with Crippen LogP contribution in [0, 0.1) is 12.7 Å². The van der Waals surface area contributed by atoms with Gasteiger partial charge in [-0.15, -0.1) is 0 Å². The van der Waals surface area contributed by atoms with Crippen LogP contribution in [0.4, 0.5) is 4.39 Å². The largest absolute Gasteiger partial charge is 0.309 e. The number of rotatable bonds is 2. The third-order valence-electron chi connectivity index (χ3n) is 5.75. The number of hydrogen-bond donors (Lipinski definition) is 1. The summed E-state index contributed by atoms with van der Waals surface area (Å²) >= 11 is 0. The molecule has 25 heavy (non-hydrogen) atoms. The summed E-state index contributed by atoms with van der Waals surface area (Å²) in [5.74, 6) is 0.200. The van der Waals surface area contributed by atoms with E-state index in [4.69, 9.17) is 0 Å². The predicted molar refractivity (Wildman–Crippen MR) is 100 cm³/mol. The third-order valence-corrected chi connectivity index (χ3v) is 5.75. The number of hydrogen-bond acceptors (Lipinski definition) is 2. The van der Waals surface area contributed by atoms with Crippen LogP contribution >= 0.6 is 0 Å². The molecule has 2 nitrogen and oxygen atoms in total. The highest BCUT2D eigenvalue weighted by molar-refractivity contribution is 5.46. The van der Waals surface area contributed by atoms with Gasteiger partial charge in [0.1, 0.15) is 5.82 Å². The van der Waals surface area contributed by atoms with Crippen molar-refractivity contribution in [3.05, 3.63) is 70.5 Å². The van der Waals surface area contributed by atoms with Gasteiger partial charge in [0.2, 0.25) is 0 Å². The van der Waals surface area contributed by atoms with Crippen LogP contribution < -0.4 is 5.32 Å². The highest BCUT2D eigenvalue weighted by Gasteiger charge is 2.38. The van der Waals surface area contributed by atoms with Crippen LogP contribution in [-0.4, -0.2) is 30.1 Å². The summed E-state index contributed by atoms with van der Waals surface area (Å²) in [6.07, 6.45) is 1.08. The Morgan fingerprint density at radius 1 is 1.08 bits per heavy atom. The molecule has 1 aliphatic carbocycles. The van der Waals surface area contributed by atoms with Crippen LogP contribution in [0.1, 0.15) is 54.5 Å². The van der Waals surface area contributed by atoms with Gasteiger partial charge in [-0.1, -0.05) is 35.9 Å². The number of piperazine rings is 1. The fourth-order valence-corrected chi connectivity index (χ4v) is 4.58. The second kappa shape index (κ2) is 6.22. The molecule has 1 saturated heterocycles. The van der Waals surface area contributed by atoms with Crippen molar-refractivity contribution in [2.75, 3.05) is 19.6 Å². The van der Waals surface area contributed by atoms with Crippen LogP contribution in [0.15, 0.2) is 42.5 Å². The first-order chi connectivity index (χ1) is 11.9. The molecule has 0 aromatic heterocycles. The molecule has 1 heterocycles. The minimum Gasteiger partial charge on any atom is -0.309 e. The van der Waals surface area contributed by atoms with Crippen molar-refractivity contribution in [2.24, 2.45) is 0 Å². The smallest absolute Gasteiger partial charge is 0.123 e. The molecule has 0 amide bonds. The Balaban J connectivity index is 1.70. The lowest BCUT2D eigenvalue weighted by Gasteiger charge is -2.42. The fraction of sp³-hybridized carbons (Fsp3) is 0.455. The van der Waals surface area contributed by atoms with E-state index in [-0.39, 0.29) is 11.4 Å². The number of fused-ring (bicyclic) bond motifs is 1. The summed E-state index contributed by atoms with van der Waals surface area (Å²) in [4.78, 5) is 2.64. The molecule has 0 saturated carbocycles. The van der Waals surface area contributed by atoms with Gasteiger partial charge >= 0.3 is 0 Å². The maximum Gasteiger partial charge on any atom is 0.123 e. The van der Waals surface area contributed by atoms with Gasteiger partial charge < -0.3 is 5.32 Å². The van der Waals surface area contributed by atoms with Crippen molar-refractivity contribution in [2.45, 2.75) is 44.7 Å². The summed E-state index contributed by atoms with van der Waals surface area (Å²) in [5.41, 5.74) is 5.57.